The molecular weight excluding hydrogens is 401 g/mol. The highest BCUT2D eigenvalue weighted by atomic mass is 32.2. The number of nitrogens with two attached hydrogens (primary N) is 1. The molecule has 0 radical (unpaired) electrons. The third-order valence-corrected chi connectivity index (χ3v) is 7.13. The highest BCUT2D eigenvalue weighted by Gasteiger charge is 2.44. The lowest BCUT2D eigenvalue weighted by Crippen LogP contribution is -2.37. The number of hydrogen-bond acceptors (Lipinski definition) is 4. The van der Waals surface area contributed by atoms with Gasteiger partial charge < -0.3 is 5.73 Å². The maximum absolute atomic E-state index is 13.5. The fraction of sp³-hybridized carbons (Fsp3) is 0.435. The Kier molecular flexibility index (Phi) is 6.04. The van der Waals surface area contributed by atoms with Gasteiger partial charge in [-0.15, -0.1) is 0 Å². The number of benzene rings is 1. The highest BCUT2D eigenvalue weighted by Crippen LogP contribution is 2.46. The molecule has 2 aliphatic rings. The first-order chi connectivity index (χ1) is 14.3. The molecule has 2 aliphatic carbocycles. The number of nitrogens with zero attached hydrogens (tertiary/aromatic N) is 1. The number of pyridine rings is 1. The molecule has 0 spiro atoms. The van der Waals surface area contributed by atoms with Gasteiger partial charge in [0.1, 0.15) is 5.82 Å². The van der Waals surface area contributed by atoms with E-state index in [0.29, 0.717) is 11.8 Å². The standard InChI is InChI=1S/C23H28FN3O2S/c1-30(28,29)27-23-13-17-12-19(25)6-9-21(17)22(23)10-8-20-7-5-16(14-26-20)15-3-2-4-18(24)11-15/h2-5,7-8,10-11,14,17,19,21-23,27H,6,9,12-13,25H2,1H3/b10-8+/t17-,19?,21-,22+,23+/m1/s1. The van der Waals surface area contributed by atoms with Gasteiger partial charge in [0, 0.05) is 23.8 Å². The number of hydrogen-bond donors (Lipinski definition) is 2. The Morgan fingerprint density at radius 2 is 2.00 bits per heavy atom. The van der Waals surface area contributed by atoms with Crippen LogP contribution in [0.25, 0.3) is 17.2 Å². The Bertz CT molecular complexity index is 1020. The number of sulfonamides is 1. The van der Waals surface area contributed by atoms with Gasteiger partial charge in [-0.05, 0) is 73.3 Å². The van der Waals surface area contributed by atoms with Crippen molar-refractivity contribution in [1.82, 2.24) is 9.71 Å². The van der Waals surface area contributed by atoms with E-state index in [-0.39, 0.29) is 23.8 Å². The molecule has 0 saturated heterocycles. The second-order valence-electron chi connectivity index (χ2n) is 8.65. The molecule has 5 atom stereocenters. The average molecular weight is 430 g/mol. The van der Waals surface area contributed by atoms with Gasteiger partial charge in [0.15, 0.2) is 0 Å². The smallest absolute Gasteiger partial charge is 0.208 e. The maximum atomic E-state index is 13.5. The van der Waals surface area contributed by atoms with Gasteiger partial charge in [0.25, 0.3) is 0 Å². The molecule has 2 aromatic rings. The summed E-state index contributed by atoms with van der Waals surface area (Å²) in [6, 6.07) is 10.4. The zero-order valence-corrected chi connectivity index (χ0v) is 17.9. The molecule has 1 heterocycles. The summed E-state index contributed by atoms with van der Waals surface area (Å²) in [7, 11) is -3.28. The van der Waals surface area contributed by atoms with Crippen molar-refractivity contribution >= 4 is 16.1 Å². The third kappa shape index (κ3) is 4.96. The van der Waals surface area contributed by atoms with Crippen molar-refractivity contribution in [2.24, 2.45) is 23.5 Å². The zero-order chi connectivity index (χ0) is 21.3. The summed E-state index contributed by atoms with van der Waals surface area (Å²) >= 11 is 0. The average Bonchev–Trinajstić information content (AvgIpc) is 3.01. The van der Waals surface area contributed by atoms with Crippen LogP contribution in [0.3, 0.4) is 0 Å². The molecule has 0 amide bonds. The van der Waals surface area contributed by atoms with Crippen LogP contribution in [0.2, 0.25) is 0 Å². The van der Waals surface area contributed by atoms with Crippen LogP contribution in [-0.2, 0) is 10.0 Å². The SMILES string of the molecule is CS(=O)(=O)N[C@H]1C[C@H]2CC(N)CC[C@H]2[C@@H]1/C=C/c1ccc(-c2cccc(F)c2)cn1. The van der Waals surface area contributed by atoms with Crippen molar-refractivity contribution in [3.05, 3.63) is 60.2 Å². The summed E-state index contributed by atoms with van der Waals surface area (Å²) in [5.74, 6) is 0.739. The van der Waals surface area contributed by atoms with Gasteiger partial charge in [-0.2, -0.15) is 0 Å². The molecule has 2 fully saturated rings. The van der Waals surface area contributed by atoms with Crippen LogP contribution in [0.4, 0.5) is 4.39 Å². The first kappa shape index (κ1) is 21.2. The lowest BCUT2D eigenvalue weighted by atomic mass is 9.76. The molecule has 160 valence electrons. The maximum Gasteiger partial charge on any atom is 0.208 e. The van der Waals surface area contributed by atoms with Crippen LogP contribution in [0.15, 0.2) is 48.7 Å². The van der Waals surface area contributed by atoms with E-state index in [0.717, 1.165) is 42.5 Å². The molecule has 1 unspecified atom stereocenters. The van der Waals surface area contributed by atoms with Crippen molar-refractivity contribution < 1.29 is 12.8 Å². The van der Waals surface area contributed by atoms with Gasteiger partial charge in [0.2, 0.25) is 10.0 Å². The molecule has 5 nitrogen and oxygen atoms in total. The first-order valence-corrected chi connectivity index (χ1v) is 12.3. The van der Waals surface area contributed by atoms with Gasteiger partial charge >= 0.3 is 0 Å². The fourth-order valence-electron chi connectivity index (χ4n) is 5.11. The van der Waals surface area contributed by atoms with Crippen LogP contribution in [0.5, 0.6) is 0 Å². The third-order valence-electron chi connectivity index (χ3n) is 6.40. The van der Waals surface area contributed by atoms with E-state index < -0.39 is 10.0 Å². The van der Waals surface area contributed by atoms with Crippen LogP contribution >= 0.6 is 0 Å². The summed E-state index contributed by atoms with van der Waals surface area (Å²) in [6.45, 7) is 0. The first-order valence-electron chi connectivity index (χ1n) is 10.4. The molecule has 7 heteroatoms. The Hall–Kier alpha value is -2.09. The molecule has 1 aromatic carbocycles. The van der Waals surface area contributed by atoms with Crippen molar-refractivity contribution in [1.29, 1.82) is 0 Å². The molecule has 0 bridgehead atoms. The normalized spacial score (nSPS) is 29.2. The van der Waals surface area contributed by atoms with Crippen molar-refractivity contribution in [3.63, 3.8) is 0 Å². The van der Waals surface area contributed by atoms with E-state index in [1.54, 1.807) is 12.3 Å². The predicted molar refractivity (Wildman–Crippen MR) is 117 cm³/mol. The van der Waals surface area contributed by atoms with Gasteiger partial charge in [-0.1, -0.05) is 24.3 Å². The van der Waals surface area contributed by atoms with Gasteiger partial charge in [-0.25, -0.2) is 17.5 Å². The lowest BCUT2D eigenvalue weighted by molar-refractivity contribution is 0.227. The molecule has 1 aromatic heterocycles. The second kappa shape index (κ2) is 8.57. The second-order valence-corrected chi connectivity index (χ2v) is 10.4. The van der Waals surface area contributed by atoms with Crippen LogP contribution in [-0.4, -0.2) is 31.7 Å². The van der Waals surface area contributed by atoms with Crippen molar-refractivity contribution in [2.45, 2.75) is 37.8 Å². The highest BCUT2D eigenvalue weighted by molar-refractivity contribution is 7.88. The number of rotatable bonds is 5. The molecule has 30 heavy (non-hydrogen) atoms. The minimum absolute atomic E-state index is 0.108. The lowest BCUT2D eigenvalue weighted by Gasteiger charge is -2.32. The summed E-state index contributed by atoms with van der Waals surface area (Å²) in [4.78, 5) is 4.49. The van der Waals surface area contributed by atoms with E-state index in [9.17, 15) is 12.8 Å². The zero-order valence-electron chi connectivity index (χ0n) is 17.0. The summed E-state index contributed by atoms with van der Waals surface area (Å²) in [5.41, 5.74) is 8.59. The van der Waals surface area contributed by atoms with E-state index in [1.165, 1.54) is 18.4 Å². The van der Waals surface area contributed by atoms with Crippen molar-refractivity contribution in [2.75, 3.05) is 6.26 Å². The molecule has 3 N–H and O–H groups in total. The van der Waals surface area contributed by atoms with E-state index in [2.05, 4.69) is 15.8 Å². The number of aromatic nitrogens is 1. The number of halogens is 1. The Balaban J connectivity index is 1.53. The Morgan fingerprint density at radius 1 is 1.17 bits per heavy atom. The fourth-order valence-corrected chi connectivity index (χ4v) is 5.92. The van der Waals surface area contributed by atoms with Crippen LogP contribution in [0, 0.1) is 23.6 Å². The van der Waals surface area contributed by atoms with E-state index in [1.807, 2.05) is 24.3 Å². The van der Waals surface area contributed by atoms with Crippen molar-refractivity contribution in [3.8, 4) is 11.1 Å². The van der Waals surface area contributed by atoms with Gasteiger partial charge in [-0.3, -0.25) is 4.98 Å². The monoisotopic (exact) mass is 429 g/mol. The minimum Gasteiger partial charge on any atom is -0.328 e. The topological polar surface area (TPSA) is 85.1 Å². The molecular formula is C23H28FN3O2S. The summed E-state index contributed by atoms with van der Waals surface area (Å²) in [5, 5.41) is 0. The summed E-state index contributed by atoms with van der Waals surface area (Å²) < 4.78 is 40.0. The molecule has 0 aliphatic heterocycles. The van der Waals surface area contributed by atoms with Crippen LogP contribution in [0.1, 0.15) is 31.4 Å². The van der Waals surface area contributed by atoms with Gasteiger partial charge in [0.05, 0.1) is 11.9 Å². The van der Waals surface area contributed by atoms with Crippen LogP contribution < -0.4 is 10.5 Å². The van der Waals surface area contributed by atoms with E-state index >= 15 is 0 Å². The quantitative estimate of drug-likeness (QED) is 0.761. The molecule has 4 rings (SSSR count). The minimum atomic E-state index is -3.28. The number of fused-ring (bicyclic) bond motifs is 1. The molecule has 2 saturated carbocycles. The Labute approximate surface area is 177 Å². The largest absolute Gasteiger partial charge is 0.328 e. The number of nitrogens with one attached hydrogen (secondary N) is 1. The van der Waals surface area contributed by atoms with E-state index in [4.69, 9.17) is 5.73 Å². The predicted octanol–water partition coefficient (Wildman–Crippen LogP) is 3.58. The summed E-state index contributed by atoms with van der Waals surface area (Å²) in [6.07, 6.45) is 10.8. The Morgan fingerprint density at radius 3 is 2.70 bits per heavy atom.